The number of hydrogen-bond acceptors (Lipinski definition) is 2. The van der Waals surface area contributed by atoms with Gasteiger partial charge in [-0.25, -0.2) is 0 Å². The minimum Gasteiger partial charge on any atom is -0.255 e. The molecule has 0 aliphatic heterocycles. The van der Waals surface area contributed by atoms with Gasteiger partial charge in [0.2, 0.25) is 0 Å². The highest BCUT2D eigenvalue weighted by molar-refractivity contribution is 5.10. The Morgan fingerprint density at radius 2 is 2.13 bits per heavy atom. The van der Waals surface area contributed by atoms with Crippen LogP contribution in [0.3, 0.4) is 0 Å². The average Bonchev–Trinajstić information content (AvgIpc) is 2.30. The molecule has 0 bridgehead atoms. The average molecular weight is 214 g/mol. The summed E-state index contributed by atoms with van der Waals surface area (Å²) in [6, 6.07) is 4.17. The van der Waals surface area contributed by atoms with Crippen LogP contribution in [0, 0.1) is 0 Å². The Morgan fingerprint density at radius 1 is 1.47 bits per heavy atom. The Bertz CT molecular complexity index is 320. The lowest BCUT2D eigenvalue weighted by Gasteiger charge is -2.11. The van der Waals surface area contributed by atoms with Crippen LogP contribution >= 0.6 is 0 Å². The first-order valence-electron chi connectivity index (χ1n) is 4.47. The maximum atomic E-state index is 13.0. The second-order valence-electron chi connectivity index (χ2n) is 2.31. The van der Waals surface area contributed by atoms with Crippen molar-refractivity contribution in [3.63, 3.8) is 0 Å². The van der Waals surface area contributed by atoms with Crippen molar-refractivity contribution in [3.8, 4) is 0 Å². The van der Waals surface area contributed by atoms with Crippen molar-refractivity contribution in [2.24, 2.45) is 5.11 Å². The van der Waals surface area contributed by atoms with Crippen LogP contribution < -0.4 is 0 Å². The first-order valence-corrected chi connectivity index (χ1v) is 4.47. The van der Waals surface area contributed by atoms with Crippen molar-refractivity contribution < 1.29 is 8.78 Å². The van der Waals surface area contributed by atoms with E-state index in [0.717, 1.165) is 0 Å². The van der Waals surface area contributed by atoms with E-state index < -0.39 is 12.5 Å². The second kappa shape index (κ2) is 6.73. The molecule has 15 heavy (non-hydrogen) atoms. The molecule has 0 aliphatic carbocycles. The summed E-state index contributed by atoms with van der Waals surface area (Å²) in [6.45, 7) is 3.10. The van der Waals surface area contributed by atoms with Gasteiger partial charge in [0.05, 0.1) is 6.54 Å². The third-order valence-electron chi connectivity index (χ3n) is 1.37. The van der Waals surface area contributed by atoms with Gasteiger partial charge in [0.25, 0.3) is 5.92 Å². The molecule has 0 aromatic carbocycles. The Balaban J connectivity index is 0.000000921. The van der Waals surface area contributed by atoms with Crippen LogP contribution in [0.5, 0.6) is 0 Å². The summed E-state index contributed by atoms with van der Waals surface area (Å²) >= 11 is 0. The second-order valence-corrected chi connectivity index (χ2v) is 2.31. The number of aromatic nitrogens is 1. The van der Waals surface area contributed by atoms with Crippen LogP contribution in [0.15, 0.2) is 29.5 Å². The predicted molar refractivity (Wildman–Crippen MR) is 53.5 cm³/mol. The quantitative estimate of drug-likeness (QED) is 0.431. The zero-order valence-corrected chi connectivity index (χ0v) is 8.56. The normalized spacial score (nSPS) is 9.60. The van der Waals surface area contributed by atoms with Gasteiger partial charge in [-0.3, -0.25) is 4.98 Å². The Kier molecular flexibility index (Phi) is 5.97. The Morgan fingerprint density at radius 3 is 2.60 bits per heavy atom. The number of pyridine rings is 1. The summed E-state index contributed by atoms with van der Waals surface area (Å²) in [4.78, 5) is 5.73. The van der Waals surface area contributed by atoms with E-state index >= 15 is 0 Å². The lowest BCUT2D eigenvalue weighted by molar-refractivity contribution is 0.00154. The van der Waals surface area contributed by atoms with E-state index in [0.29, 0.717) is 0 Å². The van der Waals surface area contributed by atoms with Gasteiger partial charge in [-0.2, -0.15) is 8.78 Å². The van der Waals surface area contributed by atoms with Gasteiger partial charge >= 0.3 is 0 Å². The number of rotatable bonds is 3. The van der Waals surface area contributed by atoms with E-state index in [9.17, 15) is 8.78 Å². The standard InChI is InChI=1S/C7H6F2N4.C2H6/c8-7(9,5-12-13-10)6-3-1-2-4-11-6;1-2/h1-4H,5H2;1-2H3. The van der Waals surface area contributed by atoms with Crippen molar-refractivity contribution >= 4 is 0 Å². The fraction of sp³-hybridized carbons (Fsp3) is 0.444. The molecular weight excluding hydrogens is 202 g/mol. The largest absolute Gasteiger partial charge is 0.295 e. The topological polar surface area (TPSA) is 61.7 Å². The molecule has 1 heterocycles. The molecule has 0 N–H and O–H groups in total. The highest BCUT2D eigenvalue weighted by Gasteiger charge is 2.31. The zero-order valence-electron chi connectivity index (χ0n) is 8.56. The van der Waals surface area contributed by atoms with Gasteiger partial charge in [0.15, 0.2) is 0 Å². The summed E-state index contributed by atoms with van der Waals surface area (Å²) in [6.07, 6.45) is 1.26. The van der Waals surface area contributed by atoms with Gasteiger partial charge < -0.3 is 0 Å². The van der Waals surface area contributed by atoms with E-state index in [1.807, 2.05) is 13.8 Å². The third kappa shape index (κ3) is 4.37. The molecule has 0 radical (unpaired) electrons. The predicted octanol–water partition coefficient (Wildman–Crippen LogP) is 3.51. The molecule has 0 fully saturated rings. The van der Waals surface area contributed by atoms with Gasteiger partial charge in [-0.05, 0) is 17.7 Å². The number of nitrogens with zero attached hydrogens (tertiary/aromatic N) is 4. The van der Waals surface area contributed by atoms with Crippen LogP contribution in [-0.4, -0.2) is 11.5 Å². The fourth-order valence-electron chi connectivity index (χ4n) is 0.781. The number of halogens is 2. The summed E-state index contributed by atoms with van der Waals surface area (Å²) in [5, 5.41) is 2.81. The van der Waals surface area contributed by atoms with E-state index in [2.05, 4.69) is 15.0 Å². The summed E-state index contributed by atoms with van der Waals surface area (Å²) < 4.78 is 26.0. The van der Waals surface area contributed by atoms with Crippen molar-refractivity contribution in [1.29, 1.82) is 0 Å². The van der Waals surface area contributed by atoms with Crippen LogP contribution in [0.4, 0.5) is 8.78 Å². The zero-order chi connectivity index (χ0) is 11.7. The maximum Gasteiger partial charge on any atom is 0.295 e. The molecule has 4 nitrogen and oxygen atoms in total. The molecule has 1 aromatic heterocycles. The van der Waals surface area contributed by atoms with Crippen molar-refractivity contribution in [3.05, 3.63) is 40.5 Å². The van der Waals surface area contributed by atoms with Gasteiger partial charge in [-0.15, -0.1) is 0 Å². The molecule has 0 saturated carbocycles. The summed E-state index contributed by atoms with van der Waals surface area (Å²) in [5.74, 6) is -3.19. The van der Waals surface area contributed by atoms with E-state index in [1.54, 1.807) is 0 Å². The lowest BCUT2D eigenvalue weighted by atomic mass is 10.2. The van der Waals surface area contributed by atoms with Gasteiger partial charge in [-0.1, -0.05) is 25.0 Å². The number of azide groups is 1. The number of hydrogen-bond donors (Lipinski definition) is 0. The minimum absolute atomic E-state index is 0.387. The Labute approximate surface area is 86.6 Å². The molecule has 6 heteroatoms. The van der Waals surface area contributed by atoms with Crippen LogP contribution in [-0.2, 0) is 5.92 Å². The first-order chi connectivity index (χ1) is 7.17. The van der Waals surface area contributed by atoms with Crippen molar-refractivity contribution in [1.82, 2.24) is 4.98 Å². The highest BCUT2D eigenvalue weighted by Crippen LogP contribution is 2.25. The maximum absolute atomic E-state index is 13.0. The molecule has 0 saturated heterocycles. The Hall–Kier alpha value is -1.68. The van der Waals surface area contributed by atoms with E-state index in [1.165, 1.54) is 24.4 Å². The van der Waals surface area contributed by atoms with E-state index in [-0.39, 0.29) is 5.69 Å². The molecule has 0 atom stereocenters. The lowest BCUT2D eigenvalue weighted by Crippen LogP contribution is -2.18. The third-order valence-corrected chi connectivity index (χ3v) is 1.37. The van der Waals surface area contributed by atoms with Crippen LogP contribution in [0.2, 0.25) is 0 Å². The van der Waals surface area contributed by atoms with E-state index in [4.69, 9.17) is 5.53 Å². The molecule has 1 rings (SSSR count). The SMILES string of the molecule is CC.[N-]=[N+]=NCC(F)(F)c1ccccn1. The summed E-state index contributed by atoms with van der Waals surface area (Å²) in [7, 11) is 0. The molecule has 1 aromatic rings. The smallest absolute Gasteiger partial charge is 0.255 e. The summed E-state index contributed by atoms with van der Waals surface area (Å²) in [5.41, 5.74) is 7.49. The fourth-order valence-corrected chi connectivity index (χ4v) is 0.781. The molecule has 0 amide bonds. The molecule has 82 valence electrons. The molecule has 0 unspecified atom stereocenters. The molecule has 0 spiro atoms. The minimum atomic E-state index is -3.19. The van der Waals surface area contributed by atoms with Crippen molar-refractivity contribution in [2.75, 3.05) is 6.54 Å². The molecular formula is C9H12F2N4. The van der Waals surface area contributed by atoms with Crippen LogP contribution in [0.25, 0.3) is 10.4 Å². The van der Waals surface area contributed by atoms with Crippen molar-refractivity contribution in [2.45, 2.75) is 19.8 Å². The van der Waals surface area contributed by atoms with Gasteiger partial charge in [0.1, 0.15) is 5.69 Å². The highest BCUT2D eigenvalue weighted by atomic mass is 19.3. The van der Waals surface area contributed by atoms with Gasteiger partial charge in [0, 0.05) is 11.1 Å². The number of alkyl halides is 2. The molecule has 0 aliphatic rings. The van der Waals surface area contributed by atoms with Crippen LogP contribution in [0.1, 0.15) is 19.5 Å². The monoisotopic (exact) mass is 214 g/mol. The first kappa shape index (κ1) is 13.3.